The maximum absolute atomic E-state index is 11.9. The Morgan fingerprint density at radius 1 is 1.32 bits per heavy atom. The quantitative estimate of drug-likeness (QED) is 0.688. The van der Waals surface area contributed by atoms with E-state index in [9.17, 15) is 4.79 Å². The van der Waals surface area contributed by atoms with Crippen LogP contribution in [0.5, 0.6) is 0 Å². The first-order chi connectivity index (χ1) is 12.1. The first-order valence-corrected chi connectivity index (χ1v) is 9.43. The molecule has 0 bridgehead atoms. The van der Waals surface area contributed by atoms with Crippen molar-refractivity contribution in [2.45, 2.75) is 37.8 Å². The molecule has 1 amide bonds. The van der Waals surface area contributed by atoms with Crippen molar-refractivity contribution in [3.05, 3.63) is 41.6 Å². The van der Waals surface area contributed by atoms with E-state index in [0.29, 0.717) is 11.8 Å². The molecule has 128 valence electrons. The molecule has 25 heavy (non-hydrogen) atoms. The van der Waals surface area contributed by atoms with Crippen molar-refractivity contribution >= 4 is 28.7 Å². The predicted molar refractivity (Wildman–Crippen MR) is 101 cm³/mol. The van der Waals surface area contributed by atoms with Crippen molar-refractivity contribution < 1.29 is 4.79 Å². The summed E-state index contributed by atoms with van der Waals surface area (Å²) in [6, 6.07) is 8.49. The van der Waals surface area contributed by atoms with Gasteiger partial charge in [-0.15, -0.1) is 0 Å². The van der Waals surface area contributed by atoms with Crippen molar-refractivity contribution in [2.75, 3.05) is 5.75 Å². The Labute approximate surface area is 150 Å². The summed E-state index contributed by atoms with van der Waals surface area (Å²) in [4.78, 5) is 24.5. The SMILES string of the molecule is Cc1cc2nc(-c3cccnc3SCC(=O)NC3CC3)[nH]c2cc1C. The lowest BCUT2D eigenvalue weighted by atomic mass is 10.1. The zero-order valence-corrected chi connectivity index (χ0v) is 15.1. The molecule has 1 saturated carbocycles. The number of H-pyrrole nitrogens is 1. The molecule has 4 rings (SSSR count). The van der Waals surface area contributed by atoms with Crippen molar-refractivity contribution in [3.8, 4) is 11.4 Å². The Morgan fingerprint density at radius 2 is 2.12 bits per heavy atom. The Kier molecular flexibility index (Phi) is 4.21. The van der Waals surface area contributed by atoms with Gasteiger partial charge in [-0.1, -0.05) is 11.8 Å². The Balaban J connectivity index is 1.60. The molecule has 1 aromatic carbocycles. The van der Waals surface area contributed by atoms with E-state index in [4.69, 9.17) is 4.98 Å². The number of aromatic nitrogens is 3. The van der Waals surface area contributed by atoms with Crippen LogP contribution in [0, 0.1) is 13.8 Å². The maximum atomic E-state index is 11.9. The third-order valence-corrected chi connectivity index (χ3v) is 5.41. The van der Waals surface area contributed by atoms with Crippen LogP contribution in [-0.2, 0) is 4.79 Å². The van der Waals surface area contributed by atoms with E-state index in [1.165, 1.54) is 22.9 Å². The first-order valence-electron chi connectivity index (χ1n) is 8.44. The lowest BCUT2D eigenvalue weighted by Gasteiger charge is -2.06. The van der Waals surface area contributed by atoms with Crippen LogP contribution >= 0.6 is 11.8 Å². The third kappa shape index (κ3) is 3.54. The van der Waals surface area contributed by atoms with Crippen LogP contribution in [0.3, 0.4) is 0 Å². The normalized spacial score (nSPS) is 14.0. The van der Waals surface area contributed by atoms with E-state index in [-0.39, 0.29) is 5.91 Å². The summed E-state index contributed by atoms with van der Waals surface area (Å²) < 4.78 is 0. The van der Waals surface area contributed by atoms with Gasteiger partial charge in [-0.3, -0.25) is 4.79 Å². The van der Waals surface area contributed by atoms with Crippen LogP contribution in [0.25, 0.3) is 22.4 Å². The number of benzene rings is 1. The number of pyridine rings is 1. The minimum atomic E-state index is 0.0694. The zero-order chi connectivity index (χ0) is 17.4. The number of fused-ring (bicyclic) bond motifs is 1. The molecule has 2 heterocycles. The molecule has 2 N–H and O–H groups in total. The van der Waals surface area contributed by atoms with Gasteiger partial charge in [-0.25, -0.2) is 9.97 Å². The largest absolute Gasteiger partial charge is 0.353 e. The number of aromatic amines is 1. The van der Waals surface area contributed by atoms with Crippen LogP contribution in [0.2, 0.25) is 0 Å². The lowest BCUT2D eigenvalue weighted by molar-refractivity contribution is -0.118. The second-order valence-corrected chi connectivity index (χ2v) is 7.49. The van der Waals surface area contributed by atoms with E-state index in [2.05, 4.69) is 41.3 Å². The van der Waals surface area contributed by atoms with E-state index >= 15 is 0 Å². The minimum absolute atomic E-state index is 0.0694. The molecule has 6 heteroatoms. The standard InChI is InChI=1S/C19H20N4OS/c1-11-8-15-16(9-12(11)2)23-18(22-15)14-4-3-7-20-19(14)25-10-17(24)21-13-5-6-13/h3-4,7-9,13H,5-6,10H2,1-2H3,(H,21,24)(H,22,23). The van der Waals surface area contributed by atoms with Gasteiger partial charge in [0.2, 0.25) is 5.91 Å². The number of aryl methyl sites for hydroxylation is 2. The molecule has 1 aliphatic carbocycles. The Hall–Kier alpha value is -2.34. The number of thioether (sulfide) groups is 1. The number of nitrogens with one attached hydrogen (secondary N) is 2. The average molecular weight is 352 g/mol. The molecular weight excluding hydrogens is 332 g/mol. The van der Waals surface area contributed by atoms with E-state index in [1.54, 1.807) is 6.20 Å². The highest BCUT2D eigenvalue weighted by molar-refractivity contribution is 8.00. The van der Waals surface area contributed by atoms with Gasteiger partial charge in [0.1, 0.15) is 10.9 Å². The molecule has 0 spiro atoms. The molecule has 0 atom stereocenters. The number of rotatable bonds is 5. The first kappa shape index (κ1) is 16.1. The van der Waals surface area contributed by atoms with Crippen LogP contribution in [0.15, 0.2) is 35.5 Å². The number of carbonyl (C=O) groups excluding carboxylic acids is 1. The third-order valence-electron chi connectivity index (χ3n) is 4.41. The number of hydrogen-bond donors (Lipinski definition) is 2. The van der Waals surface area contributed by atoms with E-state index in [1.807, 2.05) is 12.1 Å². The second kappa shape index (κ2) is 6.52. The van der Waals surface area contributed by atoms with E-state index < -0.39 is 0 Å². The van der Waals surface area contributed by atoms with Gasteiger partial charge in [0.15, 0.2) is 0 Å². The van der Waals surface area contributed by atoms with Crippen molar-refractivity contribution in [2.24, 2.45) is 0 Å². The minimum Gasteiger partial charge on any atom is -0.353 e. The molecule has 1 fully saturated rings. The molecule has 0 aliphatic heterocycles. The van der Waals surface area contributed by atoms with Gasteiger partial charge in [0, 0.05) is 17.8 Å². The Morgan fingerprint density at radius 3 is 2.92 bits per heavy atom. The number of amides is 1. The molecule has 3 aromatic rings. The van der Waals surface area contributed by atoms with Crippen LogP contribution in [-0.4, -0.2) is 32.7 Å². The smallest absolute Gasteiger partial charge is 0.230 e. The highest BCUT2D eigenvalue weighted by Gasteiger charge is 2.23. The van der Waals surface area contributed by atoms with Crippen molar-refractivity contribution in [3.63, 3.8) is 0 Å². The van der Waals surface area contributed by atoms with Crippen LogP contribution in [0.1, 0.15) is 24.0 Å². The summed E-state index contributed by atoms with van der Waals surface area (Å²) in [5, 5.41) is 3.83. The van der Waals surface area contributed by atoms with Crippen LogP contribution in [0.4, 0.5) is 0 Å². The predicted octanol–water partition coefficient (Wildman–Crippen LogP) is 3.61. The molecule has 5 nitrogen and oxygen atoms in total. The summed E-state index contributed by atoms with van der Waals surface area (Å²) in [5.74, 6) is 1.23. The molecule has 2 aromatic heterocycles. The number of imidazole rings is 1. The fourth-order valence-electron chi connectivity index (χ4n) is 2.71. The fourth-order valence-corrected chi connectivity index (χ4v) is 3.52. The summed E-state index contributed by atoms with van der Waals surface area (Å²) in [5.41, 5.74) is 5.36. The topological polar surface area (TPSA) is 70.7 Å². The van der Waals surface area contributed by atoms with Crippen molar-refractivity contribution in [1.82, 2.24) is 20.3 Å². The van der Waals surface area contributed by atoms with Gasteiger partial charge < -0.3 is 10.3 Å². The number of carbonyl (C=O) groups is 1. The van der Waals surface area contributed by atoms with Crippen molar-refractivity contribution in [1.29, 1.82) is 0 Å². The molecular formula is C19H20N4OS. The highest BCUT2D eigenvalue weighted by atomic mass is 32.2. The van der Waals surface area contributed by atoms with Gasteiger partial charge in [-0.2, -0.15) is 0 Å². The molecule has 0 radical (unpaired) electrons. The summed E-state index contributed by atoms with van der Waals surface area (Å²) in [6.07, 6.45) is 3.95. The summed E-state index contributed by atoms with van der Waals surface area (Å²) in [7, 11) is 0. The Bertz CT molecular complexity index is 907. The number of hydrogen-bond acceptors (Lipinski definition) is 4. The molecule has 1 aliphatic rings. The highest BCUT2D eigenvalue weighted by Crippen LogP contribution is 2.30. The average Bonchev–Trinajstić information content (AvgIpc) is 3.32. The van der Waals surface area contributed by atoms with Gasteiger partial charge in [0.05, 0.1) is 16.8 Å². The summed E-state index contributed by atoms with van der Waals surface area (Å²) in [6.45, 7) is 4.19. The van der Waals surface area contributed by atoms with Gasteiger partial charge in [0.25, 0.3) is 0 Å². The molecule has 0 saturated heterocycles. The summed E-state index contributed by atoms with van der Waals surface area (Å²) >= 11 is 1.45. The second-order valence-electron chi connectivity index (χ2n) is 6.53. The van der Waals surface area contributed by atoms with Crippen LogP contribution < -0.4 is 5.32 Å². The maximum Gasteiger partial charge on any atom is 0.230 e. The zero-order valence-electron chi connectivity index (χ0n) is 14.3. The molecule has 0 unspecified atom stereocenters. The lowest BCUT2D eigenvalue weighted by Crippen LogP contribution is -2.27. The fraction of sp³-hybridized carbons (Fsp3) is 0.316. The van der Waals surface area contributed by atoms with E-state index in [0.717, 1.165) is 40.3 Å². The van der Waals surface area contributed by atoms with Gasteiger partial charge in [-0.05, 0) is 62.1 Å². The number of nitrogens with zero attached hydrogens (tertiary/aromatic N) is 2. The monoisotopic (exact) mass is 352 g/mol. The van der Waals surface area contributed by atoms with Gasteiger partial charge >= 0.3 is 0 Å².